The average molecular weight is 440 g/mol. The molecule has 0 radical (unpaired) electrons. The maximum Gasteiger partial charge on any atom is 0.261 e. The van der Waals surface area contributed by atoms with E-state index in [-0.39, 0.29) is 17.5 Å². The van der Waals surface area contributed by atoms with Crippen molar-refractivity contribution >= 4 is 28.4 Å². The molecule has 6 heteroatoms. The minimum atomic E-state index is -0.350. The smallest absolute Gasteiger partial charge is 0.261 e. The van der Waals surface area contributed by atoms with E-state index in [0.29, 0.717) is 34.7 Å². The molecule has 0 fully saturated rings. The summed E-state index contributed by atoms with van der Waals surface area (Å²) in [5.41, 5.74) is 1.47. The number of unbranched alkanes of at least 4 members (excludes halogenated alkanes) is 3. The van der Waals surface area contributed by atoms with Gasteiger partial charge in [0.15, 0.2) is 0 Å². The Morgan fingerprint density at radius 1 is 1.13 bits per heavy atom. The van der Waals surface area contributed by atoms with Crippen LogP contribution in [0.15, 0.2) is 53.3 Å². The van der Waals surface area contributed by atoms with E-state index in [4.69, 9.17) is 16.6 Å². The number of amides is 1. The van der Waals surface area contributed by atoms with E-state index < -0.39 is 0 Å². The number of carbonyl (C=O) groups is 1. The lowest BCUT2D eigenvalue weighted by atomic mass is 10.1. The minimum absolute atomic E-state index is 0.0814. The van der Waals surface area contributed by atoms with E-state index in [1.165, 1.54) is 4.57 Å². The molecule has 3 aromatic rings. The summed E-state index contributed by atoms with van der Waals surface area (Å²) in [7, 11) is 1.70. The lowest BCUT2D eigenvalue weighted by molar-refractivity contribution is -0.134. The van der Waals surface area contributed by atoms with Crippen LogP contribution in [0.3, 0.4) is 0 Å². The molecule has 0 aliphatic rings. The number of benzene rings is 2. The Kier molecular flexibility index (Phi) is 7.85. The summed E-state index contributed by atoms with van der Waals surface area (Å²) in [6.07, 6.45) is 4.67. The molecular formula is C25H30ClN3O2. The Hall–Kier alpha value is -2.66. The number of rotatable bonds is 9. The fourth-order valence-electron chi connectivity index (χ4n) is 3.84. The largest absolute Gasteiger partial charge is 0.328 e. The van der Waals surface area contributed by atoms with E-state index in [2.05, 4.69) is 6.92 Å². The third-order valence-electron chi connectivity index (χ3n) is 5.67. The fraction of sp³-hybridized carbons (Fsp3) is 0.400. The number of hydrogen-bond donors (Lipinski definition) is 0. The highest BCUT2D eigenvalue weighted by atomic mass is 35.5. The Balaban J connectivity index is 1.96. The van der Waals surface area contributed by atoms with Crippen molar-refractivity contribution < 1.29 is 4.79 Å². The monoisotopic (exact) mass is 439 g/mol. The molecule has 0 aliphatic heterocycles. The second-order valence-electron chi connectivity index (χ2n) is 7.99. The van der Waals surface area contributed by atoms with Gasteiger partial charge in [0.25, 0.3) is 5.56 Å². The highest BCUT2D eigenvalue weighted by Crippen LogP contribution is 2.24. The molecule has 1 unspecified atom stereocenters. The lowest BCUT2D eigenvalue weighted by Gasteiger charge is -2.30. The van der Waals surface area contributed by atoms with Crippen molar-refractivity contribution in [2.45, 2.75) is 58.5 Å². The van der Waals surface area contributed by atoms with Crippen molar-refractivity contribution in [3.05, 3.63) is 75.3 Å². The number of fused-ring (bicyclic) bond motifs is 1. The Morgan fingerprint density at radius 2 is 1.87 bits per heavy atom. The molecular weight excluding hydrogens is 410 g/mol. The van der Waals surface area contributed by atoms with E-state index >= 15 is 0 Å². The van der Waals surface area contributed by atoms with E-state index in [0.717, 1.165) is 31.2 Å². The molecule has 0 saturated carbocycles. The van der Waals surface area contributed by atoms with Crippen LogP contribution < -0.4 is 5.56 Å². The standard InChI is InChI=1S/C25H30ClN3O2/c1-4-5-6-10-13-23(30)29(17-19-11-8-7-9-12-19)18(2)24-27-22-15-14-20(26)16-21(22)25(31)28(24)3/h7-9,11-12,14-16,18H,4-6,10,13,17H2,1-3H3. The molecule has 5 nitrogen and oxygen atoms in total. The maximum absolute atomic E-state index is 13.2. The minimum Gasteiger partial charge on any atom is -0.328 e. The van der Waals surface area contributed by atoms with Crippen LogP contribution in [0, 0.1) is 0 Å². The second kappa shape index (κ2) is 10.6. The number of nitrogens with zero attached hydrogens (tertiary/aromatic N) is 3. The van der Waals surface area contributed by atoms with Crippen molar-refractivity contribution in [3.63, 3.8) is 0 Å². The lowest BCUT2D eigenvalue weighted by Crippen LogP contribution is -2.36. The van der Waals surface area contributed by atoms with Crippen molar-refractivity contribution in [2.24, 2.45) is 7.05 Å². The van der Waals surface area contributed by atoms with Crippen LogP contribution in [0.2, 0.25) is 5.02 Å². The summed E-state index contributed by atoms with van der Waals surface area (Å²) in [4.78, 5) is 32.8. The number of halogens is 1. The van der Waals surface area contributed by atoms with E-state index in [9.17, 15) is 9.59 Å². The van der Waals surface area contributed by atoms with Crippen molar-refractivity contribution in [2.75, 3.05) is 0 Å². The van der Waals surface area contributed by atoms with Crippen molar-refractivity contribution in [1.29, 1.82) is 0 Å². The number of aromatic nitrogens is 2. The summed E-state index contributed by atoms with van der Waals surface area (Å²) in [6.45, 7) is 4.57. The van der Waals surface area contributed by atoms with Gasteiger partial charge in [-0.3, -0.25) is 14.2 Å². The molecule has 1 aromatic heterocycles. The van der Waals surface area contributed by atoms with E-state index in [1.54, 1.807) is 25.2 Å². The molecule has 1 atom stereocenters. The summed E-state index contributed by atoms with van der Waals surface area (Å²) < 4.78 is 1.53. The highest BCUT2D eigenvalue weighted by molar-refractivity contribution is 6.31. The zero-order valence-corrected chi connectivity index (χ0v) is 19.2. The third kappa shape index (κ3) is 5.53. The van der Waals surface area contributed by atoms with Gasteiger partial charge in [0.05, 0.1) is 16.9 Å². The zero-order chi connectivity index (χ0) is 22.4. The van der Waals surface area contributed by atoms with Gasteiger partial charge >= 0.3 is 0 Å². The molecule has 0 aliphatic carbocycles. The molecule has 2 aromatic carbocycles. The van der Waals surface area contributed by atoms with Gasteiger partial charge in [-0.1, -0.05) is 68.1 Å². The van der Waals surface area contributed by atoms with Crippen LogP contribution in [0.1, 0.15) is 63.4 Å². The predicted molar refractivity (Wildman–Crippen MR) is 126 cm³/mol. The first-order valence-corrected chi connectivity index (χ1v) is 11.3. The Bertz CT molecular complexity index is 1100. The van der Waals surface area contributed by atoms with Crippen LogP contribution in [0.25, 0.3) is 10.9 Å². The molecule has 1 heterocycles. The average Bonchev–Trinajstić information content (AvgIpc) is 2.78. The second-order valence-corrected chi connectivity index (χ2v) is 8.43. The summed E-state index contributed by atoms with van der Waals surface area (Å²) >= 11 is 6.07. The van der Waals surface area contributed by atoms with Gasteiger partial charge < -0.3 is 4.90 Å². The molecule has 1 amide bonds. The van der Waals surface area contributed by atoms with Gasteiger partial charge in [-0.15, -0.1) is 0 Å². The number of carbonyl (C=O) groups excluding carboxylic acids is 1. The molecule has 0 bridgehead atoms. The fourth-order valence-corrected chi connectivity index (χ4v) is 4.01. The van der Waals surface area contributed by atoms with Crippen molar-refractivity contribution in [1.82, 2.24) is 14.5 Å². The quantitative estimate of drug-likeness (QED) is 0.405. The van der Waals surface area contributed by atoms with Crippen LogP contribution in [0.5, 0.6) is 0 Å². The van der Waals surface area contributed by atoms with Gasteiger partial charge in [-0.2, -0.15) is 0 Å². The topological polar surface area (TPSA) is 55.2 Å². The first-order valence-electron chi connectivity index (χ1n) is 10.9. The molecule has 31 heavy (non-hydrogen) atoms. The zero-order valence-electron chi connectivity index (χ0n) is 18.5. The molecule has 0 spiro atoms. The summed E-state index contributed by atoms with van der Waals surface area (Å²) in [5.74, 6) is 0.649. The molecule has 0 N–H and O–H groups in total. The van der Waals surface area contributed by atoms with Gasteiger partial charge in [0.2, 0.25) is 5.91 Å². The highest BCUT2D eigenvalue weighted by Gasteiger charge is 2.25. The van der Waals surface area contributed by atoms with Gasteiger partial charge in [0, 0.05) is 25.0 Å². The molecule has 164 valence electrons. The first kappa shape index (κ1) is 23.0. The van der Waals surface area contributed by atoms with E-state index in [1.807, 2.05) is 42.2 Å². The Labute approximate surface area is 188 Å². The third-order valence-corrected chi connectivity index (χ3v) is 5.91. The van der Waals surface area contributed by atoms with Gasteiger partial charge in [-0.25, -0.2) is 4.98 Å². The SMILES string of the molecule is CCCCCCC(=O)N(Cc1ccccc1)C(C)c1nc2ccc(Cl)cc2c(=O)n1C. The summed E-state index contributed by atoms with van der Waals surface area (Å²) in [5, 5.41) is 0.978. The maximum atomic E-state index is 13.2. The van der Waals surface area contributed by atoms with Crippen LogP contribution in [-0.4, -0.2) is 20.4 Å². The van der Waals surface area contributed by atoms with Crippen LogP contribution in [0.4, 0.5) is 0 Å². The predicted octanol–water partition coefficient (Wildman–Crippen LogP) is 5.65. The van der Waals surface area contributed by atoms with Crippen molar-refractivity contribution in [3.8, 4) is 0 Å². The molecule has 0 saturated heterocycles. The van der Waals surface area contributed by atoms with Crippen LogP contribution in [-0.2, 0) is 18.4 Å². The Morgan fingerprint density at radius 3 is 2.58 bits per heavy atom. The molecule has 3 rings (SSSR count). The van der Waals surface area contributed by atoms with Crippen LogP contribution >= 0.6 is 11.6 Å². The normalized spacial score (nSPS) is 12.1. The first-order chi connectivity index (χ1) is 14.9. The van der Waals surface area contributed by atoms with Gasteiger partial charge in [0.1, 0.15) is 5.82 Å². The number of hydrogen-bond acceptors (Lipinski definition) is 3. The van der Waals surface area contributed by atoms with Gasteiger partial charge in [-0.05, 0) is 37.1 Å². The summed E-state index contributed by atoms with van der Waals surface area (Å²) in [6, 6.07) is 14.7.